The number of aliphatic imine (C=N–C) groups is 1. The molecule has 21 heavy (non-hydrogen) atoms. The highest BCUT2D eigenvalue weighted by Gasteiger charge is 2.20. The number of ether oxygens (including phenoxy) is 1. The number of rotatable bonds is 10. The molecule has 0 unspecified atom stereocenters. The van der Waals surface area contributed by atoms with Crippen molar-refractivity contribution in [3.63, 3.8) is 0 Å². The number of nitrogens with zero attached hydrogens (tertiary/aromatic N) is 3. The molecule has 0 aromatic carbocycles. The van der Waals surface area contributed by atoms with E-state index in [2.05, 4.69) is 20.7 Å². The molecule has 118 valence electrons. The Morgan fingerprint density at radius 2 is 2.14 bits per heavy atom. The van der Waals surface area contributed by atoms with Crippen LogP contribution in [0.4, 0.5) is 0 Å². The highest BCUT2D eigenvalue weighted by molar-refractivity contribution is 5.79. The summed E-state index contributed by atoms with van der Waals surface area (Å²) in [5.41, 5.74) is 0. The van der Waals surface area contributed by atoms with E-state index in [0.29, 0.717) is 0 Å². The molecule has 0 amide bonds. The number of aryl methyl sites for hydroxylation is 1. The minimum absolute atomic E-state index is 0.833. The maximum Gasteiger partial charge on any atom is 0.190 e. The van der Waals surface area contributed by atoms with Crippen molar-refractivity contribution < 1.29 is 4.74 Å². The molecule has 1 aliphatic rings. The van der Waals surface area contributed by atoms with E-state index in [9.17, 15) is 0 Å². The zero-order chi connectivity index (χ0) is 14.8. The van der Waals surface area contributed by atoms with Crippen LogP contribution in [-0.4, -0.2) is 49.1 Å². The third-order valence-corrected chi connectivity index (χ3v) is 3.45. The second-order valence-electron chi connectivity index (χ2n) is 5.42. The van der Waals surface area contributed by atoms with Crippen molar-refractivity contribution in [3.8, 4) is 0 Å². The first-order chi connectivity index (χ1) is 10.4. The molecule has 0 atom stereocenters. The van der Waals surface area contributed by atoms with Crippen LogP contribution in [0.1, 0.15) is 25.7 Å². The van der Waals surface area contributed by atoms with E-state index in [1.165, 1.54) is 12.8 Å². The molecule has 1 fully saturated rings. The smallest absolute Gasteiger partial charge is 0.190 e. The monoisotopic (exact) mass is 293 g/mol. The van der Waals surface area contributed by atoms with Crippen molar-refractivity contribution in [1.29, 1.82) is 0 Å². The number of hydrogen-bond acceptors (Lipinski definition) is 3. The van der Waals surface area contributed by atoms with E-state index in [4.69, 9.17) is 4.74 Å². The second-order valence-corrected chi connectivity index (χ2v) is 5.42. The predicted octanol–water partition coefficient (Wildman–Crippen LogP) is 1.25. The van der Waals surface area contributed by atoms with Gasteiger partial charge in [-0.1, -0.05) is 0 Å². The zero-order valence-corrected chi connectivity index (χ0v) is 12.9. The standard InChI is InChI=1S/C15H27N5O/c1-16-15(17-7-2-10-20-11-3-9-19-20)18-8-4-12-21-13-14-5-6-14/h3,9,11,14H,2,4-8,10,12-13H2,1H3,(H2,16,17,18). The van der Waals surface area contributed by atoms with E-state index < -0.39 is 0 Å². The predicted molar refractivity (Wildman–Crippen MR) is 84.4 cm³/mol. The minimum Gasteiger partial charge on any atom is -0.381 e. The first kappa shape index (κ1) is 15.8. The molecule has 6 nitrogen and oxygen atoms in total. The van der Waals surface area contributed by atoms with E-state index in [1.807, 2.05) is 16.9 Å². The van der Waals surface area contributed by atoms with Crippen LogP contribution in [0.25, 0.3) is 0 Å². The number of hydrogen-bond donors (Lipinski definition) is 2. The van der Waals surface area contributed by atoms with Gasteiger partial charge in [-0.15, -0.1) is 0 Å². The lowest BCUT2D eigenvalue weighted by molar-refractivity contribution is 0.123. The topological polar surface area (TPSA) is 63.5 Å². The Kier molecular flexibility index (Phi) is 7.07. The lowest BCUT2D eigenvalue weighted by Gasteiger charge is -2.12. The van der Waals surface area contributed by atoms with E-state index >= 15 is 0 Å². The fraction of sp³-hybridized carbons (Fsp3) is 0.733. The van der Waals surface area contributed by atoms with E-state index in [1.54, 1.807) is 13.2 Å². The van der Waals surface area contributed by atoms with Gasteiger partial charge in [0.1, 0.15) is 0 Å². The molecule has 0 bridgehead atoms. The van der Waals surface area contributed by atoms with Crippen LogP contribution < -0.4 is 10.6 Å². The summed E-state index contributed by atoms with van der Waals surface area (Å²) in [6, 6.07) is 1.94. The third kappa shape index (κ3) is 7.13. The fourth-order valence-electron chi connectivity index (χ4n) is 2.02. The molecule has 6 heteroatoms. The maximum atomic E-state index is 5.60. The number of guanidine groups is 1. The molecule has 0 radical (unpaired) electrons. The van der Waals surface area contributed by atoms with E-state index in [0.717, 1.165) is 57.6 Å². The number of nitrogens with one attached hydrogen (secondary N) is 2. The first-order valence-corrected chi connectivity index (χ1v) is 7.88. The van der Waals surface area contributed by atoms with E-state index in [-0.39, 0.29) is 0 Å². The summed E-state index contributed by atoms with van der Waals surface area (Å²) in [5, 5.41) is 10.8. The van der Waals surface area contributed by atoms with Crippen molar-refractivity contribution >= 4 is 5.96 Å². The maximum absolute atomic E-state index is 5.60. The summed E-state index contributed by atoms with van der Waals surface area (Å²) in [7, 11) is 1.80. The molecule has 1 aliphatic carbocycles. The average molecular weight is 293 g/mol. The Hall–Kier alpha value is -1.56. The van der Waals surface area contributed by atoms with Crippen LogP contribution in [0.3, 0.4) is 0 Å². The van der Waals surface area contributed by atoms with Crippen LogP contribution in [0.15, 0.2) is 23.5 Å². The zero-order valence-electron chi connectivity index (χ0n) is 12.9. The first-order valence-electron chi connectivity index (χ1n) is 7.88. The molecule has 1 aromatic rings. The van der Waals surface area contributed by atoms with Crippen molar-refractivity contribution in [1.82, 2.24) is 20.4 Å². The highest BCUT2D eigenvalue weighted by atomic mass is 16.5. The second kappa shape index (κ2) is 9.39. The Morgan fingerprint density at radius 1 is 1.33 bits per heavy atom. The van der Waals surface area contributed by atoms with Gasteiger partial charge in [-0.2, -0.15) is 5.10 Å². The Morgan fingerprint density at radius 3 is 2.81 bits per heavy atom. The summed E-state index contributed by atoms with van der Waals surface area (Å²) in [4.78, 5) is 4.21. The van der Waals surface area contributed by atoms with Gasteiger partial charge in [0, 0.05) is 52.3 Å². The SMILES string of the molecule is CN=C(NCCCOCC1CC1)NCCCn1cccn1. The lowest BCUT2D eigenvalue weighted by atomic mass is 10.4. The molecule has 0 spiro atoms. The molecule has 1 heterocycles. The minimum atomic E-state index is 0.833. The molecular weight excluding hydrogens is 266 g/mol. The summed E-state index contributed by atoms with van der Waals surface area (Å²) >= 11 is 0. The number of aromatic nitrogens is 2. The van der Waals surface area contributed by atoms with Crippen LogP contribution >= 0.6 is 0 Å². The van der Waals surface area contributed by atoms with Crippen molar-refractivity contribution in [2.75, 3.05) is 33.4 Å². The quantitative estimate of drug-likeness (QED) is 0.387. The Labute approximate surface area is 127 Å². The van der Waals surface area contributed by atoms with Gasteiger partial charge < -0.3 is 15.4 Å². The van der Waals surface area contributed by atoms with Crippen LogP contribution in [-0.2, 0) is 11.3 Å². The summed E-state index contributed by atoms with van der Waals surface area (Å²) in [5.74, 6) is 1.71. The Bertz CT molecular complexity index is 400. The van der Waals surface area contributed by atoms with Gasteiger partial charge in [-0.25, -0.2) is 0 Å². The normalized spacial score (nSPS) is 15.2. The largest absolute Gasteiger partial charge is 0.381 e. The van der Waals surface area contributed by atoms with Crippen LogP contribution in [0.2, 0.25) is 0 Å². The highest BCUT2D eigenvalue weighted by Crippen LogP contribution is 2.28. The van der Waals surface area contributed by atoms with Gasteiger partial charge in [-0.05, 0) is 37.7 Å². The summed E-state index contributed by atoms with van der Waals surface area (Å²) in [6.45, 7) is 4.48. The van der Waals surface area contributed by atoms with Gasteiger partial charge in [0.05, 0.1) is 0 Å². The molecule has 2 N–H and O–H groups in total. The lowest BCUT2D eigenvalue weighted by Crippen LogP contribution is -2.38. The molecule has 0 aliphatic heterocycles. The molecule has 1 saturated carbocycles. The van der Waals surface area contributed by atoms with Gasteiger partial charge in [-0.3, -0.25) is 9.67 Å². The van der Waals surface area contributed by atoms with Gasteiger partial charge >= 0.3 is 0 Å². The van der Waals surface area contributed by atoms with Crippen molar-refractivity contribution in [2.24, 2.45) is 10.9 Å². The Balaban J connectivity index is 1.43. The molecule has 2 rings (SSSR count). The van der Waals surface area contributed by atoms with Gasteiger partial charge in [0.25, 0.3) is 0 Å². The van der Waals surface area contributed by atoms with Crippen LogP contribution in [0.5, 0.6) is 0 Å². The molecule has 0 saturated heterocycles. The molecular formula is C15H27N5O. The molecule has 1 aromatic heterocycles. The van der Waals surface area contributed by atoms with Gasteiger partial charge in [0.2, 0.25) is 0 Å². The summed E-state index contributed by atoms with van der Waals surface area (Å²) in [6.07, 6.45) is 8.53. The third-order valence-electron chi connectivity index (χ3n) is 3.45. The van der Waals surface area contributed by atoms with Crippen LogP contribution in [0, 0.1) is 5.92 Å². The fourth-order valence-corrected chi connectivity index (χ4v) is 2.02. The van der Waals surface area contributed by atoms with Crippen molar-refractivity contribution in [3.05, 3.63) is 18.5 Å². The summed E-state index contributed by atoms with van der Waals surface area (Å²) < 4.78 is 7.54. The average Bonchev–Trinajstić information content (AvgIpc) is 3.18. The van der Waals surface area contributed by atoms with Gasteiger partial charge in [0.15, 0.2) is 5.96 Å². The van der Waals surface area contributed by atoms with Crippen molar-refractivity contribution in [2.45, 2.75) is 32.2 Å².